The molecular formula is C22H17N5O3. The molecule has 0 spiro atoms. The standard InChI is InChI=1S/C22H17N5O3/c1-14(20(28)17(13-23)21-25-18-5-2-3-6-19(18)26-21)30-22(29)15-7-9-16(10-8-15)27-12-4-11-24-27/h2-12,14,28H,1H3,(H,25,26)/b20-17-/t14-/m0/s1. The maximum absolute atomic E-state index is 12.5. The minimum atomic E-state index is -1.04. The molecule has 0 fully saturated rings. The number of benzene rings is 2. The van der Waals surface area contributed by atoms with Crippen LogP contribution in [0, 0.1) is 11.3 Å². The maximum atomic E-state index is 12.5. The number of hydrogen-bond donors (Lipinski definition) is 2. The molecule has 2 N–H and O–H groups in total. The van der Waals surface area contributed by atoms with E-state index in [4.69, 9.17) is 4.74 Å². The summed E-state index contributed by atoms with van der Waals surface area (Å²) >= 11 is 0. The zero-order valence-corrected chi connectivity index (χ0v) is 16.0. The summed E-state index contributed by atoms with van der Waals surface area (Å²) in [5, 5.41) is 24.2. The Labute approximate surface area is 171 Å². The number of ether oxygens (including phenoxy) is 1. The lowest BCUT2D eigenvalue weighted by molar-refractivity contribution is 0.0334. The average Bonchev–Trinajstić information content (AvgIpc) is 3.44. The number of aromatic amines is 1. The van der Waals surface area contributed by atoms with Crippen molar-refractivity contribution >= 4 is 22.6 Å². The van der Waals surface area contributed by atoms with Gasteiger partial charge in [0.25, 0.3) is 0 Å². The van der Waals surface area contributed by atoms with Crippen LogP contribution in [0.5, 0.6) is 0 Å². The summed E-state index contributed by atoms with van der Waals surface area (Å²) in [6, 6.07) is 17.7. The number of imidazole rings is 1. The molecule has 4 aromatic rings. The van der Waals surface area contributed by atoms with Crippen molar-refractivity contribution in [3.63, 3.8) is 0 Å². The molecule has 0 amide bonds. The van der Waals surface area contributed by atoms with E-state index < -0.39 is 12.1 Å². The number of para-hydroxylation sites is 2. The predicted octanol–water partition coefficient (Wildman–Crippen LogP) is 3.79. The molecule has 4 rings (SSSR count). The van der Waals surface area contributed by atoms with Gasteiger partial charge < -0.3 is 14.8 Å². The lowest BCUT2D eigenvalue weighted by atomic mass is 10.1. The van der Waals surface area contributed by atoms with Crippen molar-refractivity contribution in [2.75, 3.05) is 0 Å². The number of aliphatic hydroxyl groups excluding tert-OH is 1. The van der Waals surface area contributed by atoms with Crippen LogP contribution in [0.25, 0.3) is 22.3 Å². The van der Waals surface area contributed by atoms with Gasteiger partial charge in [-0.25, -0.2) is 14.5 Å². The summed E-state index contributed by atoms with van der Waals surface area (Å²) in [4.78, 5) is 19.8. The van der Waals surface area contributed by atoms with Gasteiger partial charge in [-0.15, -0.1) is 0 Å². The Morgan fingerprint density at radius 1 is 1.20 bits per heavy atom. The second kappa shape index (κ2) is 7.93. The molecule has 0 radical (unpaired) electrons. The van der Waals surface area contributed by atoms with E-state index in [2.05, 4.69) is 15.1 Å². The van der Waals surface area contributed by atoms with Crippen LogP contribution in [0.2, 0.25) is 0 Å². The Kier molecular flexibility index (Phi) is 5.01. The van der Waals surface area contributed by atoms with Crippen molar-refractivity contribution in [3.8, 4) is 11.8 Å². The van der Waals surface area contributed by atoms with Crippen LogP contribution >= 0.6 is 0 Å². The van der Waals surface area contributed by atoms with Gasteiger partial charge in [-0.3, -0.25) is 0 Å². The van der Waals surface area contributed by atoms with Gasteiger partial charge in [0.2, 0.25) is 0 Å². The number of aliphatic hydroxyl groups is 1. The first kappa shape index (κ1) is 19.0. The SMILES string of the molecule is C[C@H](OC(=O)c1ccc(-n2cccn2)cc1)/C(O)=C(\C#N)c1nc2ccccc2[nH]1. The first-order valence-corrected chi connectivity index (χ1v) is 9.16. The minimum Gasteiger partial charge on any atom is -0.507 e. The number of allylic oxidation sites excluding steroid dienone is 1. The molecule has 0 saturated carbocycles. The summed E-state index contributed by atoms with van der Waals surface area (Å²) in [7, 11) is 0. The van der Waals surface area contributed by atoms with E-state index in [0.717, 1.165) is 11.2 Å². The third kappa shape index (κ3) is 3.64. The zero-order chi connectivity index (χ0) is 21.1. The minimum absolute atomic E-state index is 0.0828. The van der Waals surface area contributed by atoms with Crippen LogP contribution in [-0.2, 0) is 4.74 Å². The Bertz CT molecular complexity index is 1230. The van der Waals surface area contributed by atoms with Crippen molar-refractivity contribution in [2.24, 2.45) is 0 Å². The van der Waals surface area contributed by atoms with E-state index in [9.17, 15) is 15.2 Å². The molecule has 0 unspecified atom stereocenters. The number of hydrogen-bond acceptors (Lipinski definition) is 6. The van der Waals surface area contributed by atoms with E-state index >= 15 is 0 Å². The molecule has 0 aliphatic carbocycles. The molecule has 2 aromatic carbocycles. The Hall–Kier alpha value is -4.38. The van der Waals surface area contributed by atoms with Crippen LogP contribution in [0.15, 0.2) is 72.8 Å². The number of rotatable bonds is 5. The summed E-state index contributed by atoms with van der Waals surface area (Å²) < 4.78 is 7.01. The number of fused-ring (bicyclic) bond motifs is 1. The highest BCUT2D eigenvalue weighted by Gasteiger charge is 2.22. The number of nitriles is 1. The lowest BCUT2D eigenvalue weighted by Gasteiger charge is -2.14. The van der Waals surface area contributed by atoms with E-state index in [0.29, 0.717) is 11.1 Å². The predicted molar refractivity (Wildman–Crippen MR) is 110 cm³/mol. The Morgan fingerprint density at radius 2 is 1.97 bits per heavy atom. The summed E-state index contributed by atoms with van der Waals surface area (Å²) in [6.45, 7) is 1.49. The van der Waals surface area contributed by atoms with Gasteiger partial charge in [-0.2, -0.15) is 10.4 Å². The summed E-state index contributed by atoms with van der Waals surface area (Å²) in [6.07, 6.45) is 2.42. The number of carbonyl (C=O) groups excluding carboxylic acids is 1. The number of H-pyrrole nitrogens is 1. The molecule has 2 heterocycles. The highest BCUT2D eigenvalue weighted by Crippen LogP contribution is 2.22. The lowest BCUT2D eigenvalue weighted by Crippen LogP contribution is -2.18. The summed E-state index contributed by atoms with van der Waals surface area (Å²) in [5.74, 6) is -0.788. The van der Waals surface area contributed by atoms with E-state index in [-0.39, 0.29) is 17.2 Å². The third-order valence-corrected chi connectivity index (χ3v) is 4.53. The second-order valence-electron chi connectivity index (χ2n) is 6.52. The van der Waals surface area contributed by atoms with E-state index in [1.54, 1.807) is 53.5 Å². The molecule has 0 aliphatic heterocycles. The normalized spacial score (nSPS) is 12.8. The molecule has 2 aromatic heterocycles. The average molecular weight is 399 g/mol. The van der Waals surface area contributed by atoms with Crippen molar-refractivity contribution in [1.29, 1.82) is 5.26 Å². The van der Waals surface area contributed by atoms with Gasteiger partial charge in [-0.1, -0.05) is 12.1 Å². The van der Waals surface area contributed by atoms with Crippen molar-refractivity contribution < 1.29 is 14.6 Å². The highest BCUT2D eigenvalue weighted by molar-refractivity contribution is 5.90. The zero-order valence-electron chi connectivity index (χ0n) is 16.0. The number of carbonyl (C=O) groups is 1. The van der Waals surface area contributed by atoms with Gasteiger partial charge in [0.05, 0.1) is 22.3 Å². The van der Waals surface area contributed by atoms with Gasteiger partial charge in [0.15, 0.2) is 17.7 Å². The molecular weight excluding hydrogens is 382 g/mol. The molecule has 1 atom stereocenters. The van der Waals surface area contributed by atoms with Crippen LogP contribution < -0.4 is 0 Å². The van der Waals surface area contributed by atoms with Gasteiger partial charge in [-0.05, 0) is 49.4 Å². The first-order chi connectivity index (χ1) is 14.6. The molecule has 0 bridgehead atoms. The van der Waals surface area contributed by atoms with Crippen molar-refractivity contribution in [1.82, 2.24) is 19.7 Å². The van der Waals surface area contributed by atoms with Crippen molar-refractivity contribution in [2.45, 2.75) is 13.0 Å². The molecule has 8 nitrogen and oxygen atoms in total. The Balaban J connectivity index is 1.53. The maximum Gasteiger partial charge on any atom is 0.338 e. The number of esters is 1. The largest absolute Gasteiger partial charge is 0.507 e. The van der Waals surface area contributed by atoms with Gasteiger partial charge in [0.1, 0.15) is 11.6 Å². The molecule has 0 aliphatic rings. The molecule has 30 heavy (non-hydrogen) atoms. The van der Waals surface area contributed by atoms with Crippen molar-refractivity contribution in [3.05, 3.63) is 84.1 Å². The molecule has 148 valence electrons. The molecule has 8 heteroatoms. The van der Waals surface area contributed by atoms with Gasteiger partial charge in [0, 0.05) is 12.4 Å². The van der Waals surface area contributed by atoms with Crippen LogP contribution in [0.1, 0.15) is 23.1 Å². The number of aromatic nitrogens is 4. The van der Waals surface area contributed by atoms with Crippen LogP contribution in [0.4, 0.5) is 0 Å². The quantitative estimate of drug-likeness (QED) is 0.300. The second-order valence-corrected chi connectivity index (χ2v) is 6.52. The highest BCUT2D eigenvalue weighted by atomic mass is 16.6. The topological polar surface area (TPSA) is 117 Å². The Morgan fingerprint density at radius 3 is 2.63 bits per heavy atom. The summed E-state index contributed by atoms with van der Waals surface area (Å²) in [5.41, 5.74) is 2.42. The fourth-order valence-corrected chi connectivity index (χ4v) is 2.96. The van der Waals surface area contributed by atoms with E-state index in [1.165, 1.54) is 6.92 Å². The number of nitrogens with one attached hydrogen (secondary N) is 1. The monoisotopic (exact) mass is 399 g/mol. The van der Waals surface area contributed by atoms with E-state index in [1.807, 2.05) is 24.3 Å². The number of nitrogens with zero attached hydrogens (tertiary/aromatic N) is 4. The fourth-order valence-electron chi connectivity index (χ4n) is 2.96. The van der Waals surface area contributed by atoms with Crippen LogP contribution in [0.3, 0.4) is 0 Å². The van der Waals surface area contributed by atoms with Crippen LogP contribution in [-0.4, -0.2) is 36.9 Å². The fraction of sp³-hybridized carbons (Fsp3) is 0.0909. The third-order valence-electron chi connectivity index (χ3n) is 4.53. The van der Waals surface area contributed by atoms with Gasteiger partial charge >= 0.3 is 5.97 Å². The first-order valence-electron chi connectivity index (χ1n) is 9.16. The molecule has 0 saturated heterocycles. The smallest absolute Gasteiger partial charge is 0.338 e.